The number of aromatic nitrogens is 2. The number of hydrogen-bond donors (Lipinski definition) is 0. The Balaban J connectivity index is 1.61. The molecule has 5 rings (SSSR count). The van der Waals surface area contributed by atoms with Crippen molar-refractivity contribution in [1.29, 1.82) is 0 Å². The number of fused-ring (bicyclic) bond motifs is 2. The maximum Gasteiger partial charge on any atom is 0.257 e. The van der Waals surface area contributed by atoms with Crippen LogP contribution in [0.2, 0.25) is 0 Å². The Morgan fingerprint density at radius 2 is 2.00 bits per heavy atom. The zero-order valence-electron chi connectivity index (χ0n) is 13.8. The highest BCUT2D eigenvalue weighted by molar-refractivity contribution is 6.00. The third kappa shape index (κ3) is 1.97. The Labute approximate surface area is 145 Å². The number of carbonyl (C=O) groups excluding carboxylic acids is 2. The quantitative estimate of drug-likeness (QED) is 0.839. The second-order valence-electron chi connectivity index (χ2n) is 6.98. The van der Waals surface area contributed by atoms with Crippen LogP contribution in [0.15, 0.2) is 42.9 Å². The van der Waals surface area contributed by atoms with Crippen LogP contribution in [0.1, 0.15) is 39.3 Å². The molecular weight excluding hydrogens is 316 g/mol. The monoisotopic (exact) mass is 334 g/mol. The first-order valence-corrected chi connectivity index (χ1v) is 8.69. The Morgan fingerprint density at radius 3 is 2.76 bits per heavy atom. The molecule has 1 saturated carbocycles. The van der Waals surface area contributed by atoms with Gasteiger partial charge in [0, 0.05) is 44.0 Å². The average Bonchev–Trinajstić information content (AvgIpc) is 3.44. The van der Waals surface area contributed by atoms with Gasteiger partial charge in [-0.1, -0.05) is 0 Å². The van der Waals surface area contributed by atoms with Crippen LogP contribution < -0.4 is 0 Å². The largest absolute Gasteiger partial charge is 0.313 e. The second kappa shape index (κ2) is 5.12. The first-order chi connectivity index (χ1) is 12.2. The predicted molar refractivity (Wildman–Crippen MR) is 89.7 cm³/mol. The van der Waals surface area contributed by atoms with Gasteiger partial charge in [0.05, 0.1) is 16.8 Å². The first kappa shape index (κ1) is 14.6. The molecule has 1 saturated heterocycles. The number of amides is 2. The van der Waals surface area contributed by atoms with E-state index in [1.54, 1.807) is 36.8 Å². The maximum atomic E-state index is 13.2. The van der Waals surface area contributed by atoms with Crippen molar-refractivity contribution in [1.82, 2.24) is 19.8 Å². The topological polar surface area (TPSA) is 66.4 Å². The highest BCUT2D eigenvalue weighted by Crippen LogP contribution is 2.51. The van der Waals surface area contributed by atoms with Gasteiger partial charge in [0.1, 0.15) is 5.66 Å². The minimum absolute atomic E-state index is 0.00253. The number of carbonyl (C=O) groups is 2. The molecule has 2 aromatic heterocycles. The molecule has 0 unspecified atom stereocenters. The minimum atomic E-state index is -0.564. The molecule has 0 spiro atoms. The van der Waals surface area contributed by atoms with Crippen molar-refractivity contribution >= 4 is 11.8 Å². The van der Waals surface area contributed by atoms with Crippen LogP contribution in [0.5, 0.6) is 0 Å². The molecule has 2 amide bonds. The van der Waals surface area contributed by atoms with E-state index in [1.807, 2.05) is 15.9 Å². The maximum absolute atomic E-state index is 13.2. The van der Waals surface area contributed by atoms with Crippen LogP contribution in [0.4, 0.5) is 0 Å². The van der Waals surface area contributed by atoms with Gasteiger partial charge >= 0.3 is 0 Å². The molecule has 0 radical (unpaired) electrons. The van der Waals surface area contributed by atoms with Gasteiger partial charge in [0.25, 0.3) is 11.8 Å². The predicted octanol–water partition coefficient (Wildman–Crippen LogP) is 1.74. The molecule has 2 aromatic rings. The summed E-state index contributed by atoms with van der Waals surface area (Å²) in [5, 5.41) is 0. The van der Waals surface area contributed by atoms with Crippen LogP contribution >= 0.6 is 0 Å². The molecule has 3 aliphatic rings. The Hall–Kier alpha value is -2.76. The molecule has 2 aliphatic heterocycles. The normalized spacial score (nSPS) is 24.9. The van der Waals surface area contributed by atoms with Crippen molar-refractivity contribution in [3.8, 4) is 0 Å². The van der Waals surface area contributed by atoms with Gasteiger partial charge < -0.3 is 9.80 Å². The van der Waals surface area contributed by atoms with Gasteiger partial charge in [-0.15, -0.1) is 0 Å². The van der Waals surface area contributed by atoms with Gasteiger partial charge in [0.15, 0.2) is 0 Å². The lowest BCUT2D eigenvalue weighted by molar-refractivity contribution is -0.00218. The zero-order chi connectivity index (χ0) is 17.0. The van der Waals surface area contributed by atoms with Crippen LogP contribution in [0, 0.1) is 5.92 Å². The lowest BCUT2D eigenvalue weighted by atomic mass is 9.88. The fourth-order valence-electron chi connectivity index (χ4n) is 4.42. The fourth-order valence-corrected chi connectivity index (χ4v) is 4.42. The summed E-state index contributed by atoms with van der Waals surface area (Å²) >= 11 is 0. The van der Waals surface area contributed by atoms with Gasteiger partial charge in [-0.25, -0.2) is 0 Å². The third-order valence-corrected chi connectivity index (χ3v) is 5.66. The van der Waals surface area contributed by atoms with E-state index in [-0.39, 0.29) is 11.8 Å². The van der Waals surface area contributed by atoms with E-state index < -0.39 is 5.66 Å². The summed E-state index contributed by atoms with van der Waals surface area (Å²) < 4.78 is 0. The van der Waals surface area contributed by atoms with E-state index in [1.165, 1.54) is 0 Å². The van der Waals surface area contributed by atoms with E-state index in [2.05, 4.69) is 9.97 Å². The molecule has 0 aromatic carbocycles. The summed E-state index contributed by atoms with van der Waals surface area (Å²) in [5.41, 5.74) is 1.49. The first-order valence-electron chi connectivity index (χ1n) is 8.69. The van der Waals surface area contributed by atoms with Gasteiger partial charge in [-0.05, 0) is 37.1 Å². The standard InChI is InChI=1S/C19H18N4O2/c24-17(13-3-1-7-20-12-13)22-9-10-23-18(25)15-4-2-8-21-16(15)11-19(22,23)14-5-6-14/h1-4,7-8,12,14H,5-6,9-11H2/t19-/m0/s1. The summed E-state index contributed by atoms with van der Waals surface area (Å²) in [4.78, 5) is 38.6. The lowest BCUT2D eigenvalue weighted by Crippen LogP contribution is -2.62. The van der Waals surface area contributed by atoms with Crippen molar-refractivity contribution in [3.63, 3.8) is 0 Å². The summed E-state index contributed by atoms with van der Waals surface area (Å²) in [5.74, 6) is 0.284. The Kier molecular flexibility index (Phi) is 2.98. The van der Waals surface area contributed by atoms with Gasteiger partial charge in [-0.2, -0.15) is 0 Å². The van der Waals surface area contributed by atoms with Crippen LogP contribution in [0.3, 0.4) is 0 Å². The van der Waals surface area contributed by atoms with Crippen LogP contribution in [0.25, 0.3) is 0 Å². The van der Waals surface area contributed by atoms with Crippen molar-refractivity contribution in [3.05, 3.63) is 59.7 Å². The average molecular weight is 334 g/mol. The van der Waals surface area contributed by atoms with E-state index in [0.29, 0.717) is 36.6 Å². The van der Waals surface area contributed by atoms with Crippen molar-refractivity contribution in [2.45, 2.75) is 24.9 Å². The third-order valence-electron chi connectivity index (χ3n) is 5.66. The smallest absolute Gasteiger partial charge is 0.257 e. The van der Waals surface area contributed by atoms with Gasteiger partial charge in [0.2, 0.25) is 0 Å². The van der Waals surface area contributed by atoms with E-state index in [0.717, 1.165) is 18.5 Å². The van der Waals surface area contributed by atoms with E-state index >= 15 is 0 Å². The van der Waals surface area contributed by atoms with E-state index in [4.69, 9.17) is 0 Å². The molecule has 2 fully saturated rings. The number of rotatable bonds is 2. The summed E-state index contributed by atoms with van der Waals surface area (Å²) in [6.07, 6.45) is 7.69. The molecule has 126 valence electrons. The highest BCUT2D eigenvalue weighted by atomic mass is 16.2. The molecule has 6 heteroatoms. The molecular formula is C19H18N4O2. The van der Waals surface area contributed by atoms with Crippen LogP contribution in [-0.4, -0.2) is 50.3 Å². The zero-order valence-corrected chi connectivity index (χ0v) is 13.8. The highest BCUT2D eigenvalue weighted by Gasteiger charge is 2.61. The molecule has 0 bridgehead atoms. The fraction of sp³-hybridized carbons (Fsp3) is 0.368. The van der Waals surface area contributed by atoms with E-state index in [9.17, 15) is 9.59 Å². The van der Waals surface area contributed by atoms with Crippen molar-refractivity contribution < 1.29 is 9.59 Å². The SMILES string of the molecule is O=C(c1cccnc1)N1CCN2C(=O)c3cccnc3C[C@]12C1CC1. The molecule has 4 heterocycles. The molecule has 1 atom stereocenters. The number of hydrogen-bond acceptors (Lipinski definition) is 4. The molecule has 6 nitrogen and oxygen atoms in total. The molecule has 0 N–H and O–H groups in total. The van der Waals surface area contributed by atoms with Crippen molar-refractivity contribution in [2.24, 2.45) is 5.92 Å². The molecule has 1 aliphatic carbocycles. The summed E-state index contributed by atoms with van der Waals surface area (Å²) in [6, 6.07) is 7.20. The minimum Gasteiger partial charge on any atom is -0.313 e. The van der Waals surface area contributed by atoms with Gasteiger partial charge in [-0.3, -0.25) is 19.6 Å². The summed E-state index contributed by atoms with van der Waals surface area (Å²) in [6.45, 7) is 1.14. The number of pyridine rings is 2. The number of nitrogens with zero attached hydrogens (tertiary/aromatic N) is 4. The Morgan fingerprint density at radius 1 is 1.16 bits per heavy atom. The molecule has 25 heavy (non-hydrogen) atoms. The Bertz CT molecular complexity index is 865. The van der Waals surface area contributed by atoms with Crippen LogP contribution in [-0.2, 0) is 6.42 Å². The van der Waals surface area contributed by atoms with Crippen molar-refractivity contribution in [2.75, 3.05) is 13.1 Å². The second-order valence-corrected chi connectivity index (χ2v) is 6.98. The summed E-state index contributed by atoms with van der Waals surface area (Å²) in [7, 11) is 0. The lowest BCUT2D eigenvalue weighted by Gasteiger charge is -2.47.